The zero-order chi connectivity index (χ0) is 12.9. The quantitative estimate of drug-likeness (QED) is 0.693. The number of hydrogen-bond acceptors (Lipinski definition) is 3. The van der Waals surface area contributed by atoms with Crippen LogP contribution in [-0.2, 0) is 11.2 Å². The van der Waals surface area contributed by atoms with Crippen LogP contribution >= 0.6 is 0 Å². The van der Waals surface area contributed by atoms with E-state index in [1.807, 2.05) is 38.1 Å². The minimum absolute atomic E-state index is 0.139. The van der Waals surface area contributed by atoms with E-state index in [0.717, 1.165) is 11.3 Å². The highest BCUT2D eigenvalue weighted by Gasteiger charge is 2.15. The Balaban J connectivity index is 2.54. The number of carbonyl (C=O) groups is 1. The topological polar surface area (TPSA) is 75.3 Å². The van der Waals surface area contributed by atoms with Crippen LogP contribution in [0.15, 0.2) is 24.3 Å². The van der Waals surface area contributed by atoms with Gasteiger partial charge in [-0.25, -0.2) is 0 Å². The summed E-state index contributed by atoms with van der Waals surface area (Å²) in [5.74, 6) is -0.327. The van der Waals surface area contributed by atoms with Crippen LogP contribution < -0.4 is 11.1 Å². The van der Waals surface area contributed by atoms with Crippen molar-refractivity contribution in [3.05, 3.63) is 29.8 Å². The van der Waals surface area contributed by atoms with Crippen LogP contribution in [0.1, 0.15) is 19.4 Å². The Morgan fingerprint density at radius 3 is 2.41 bits per heavy atom. The molecule has 1 aromatic rings. The van der Waals surface area contributed by atoms with Gasteiger partial charge >= 0.3 is 0 Å². The number of anilines is 1. The lowest BCUT2D eigenvalue weighted by molar-refractivity contribution is -0.117. The van der Waals surface area contributed by atoms with Gasteiger partial charge in [0.25, 0.3) is 0 Å². The molecule has 1 amide bonds. The molecule has 0 fully saturated rings. The van der Waals surface area contributed by atoms with Gasteiger partial charge in [0, 0.05) is 24.3 Å². The number of primary amides is 1. The highest BCUT2D eigenvalue weighted by molar-refractivity contribution is 5.76. The first-order valence-electron chi connectivity index (χ1n) is 5.65. The van der Waals surface area contributed by atoms with Gasteiger partial charge in [-0.05, 0) is 17.7 Å². The number of amides is 1. The van der Waals surface area contributed by atoms with Gasteiger partial charge in [0.05, 0.1) is 6.42 Å². The van der Waals surface area contributed by atoms with Gasteiger partial charge < -0.3 is 16.2 Å². The number of benzene rings is 1. The van der Waals surface area contributed by atoms with E-state index in [1.165, 1.54) is 0 Å². The average Bonchev–Trinajstić information content (AvgIpc) is 2.28. The number of aliphatic hydroxyl groups excluding tert-OH is 1. The number of nitrogens with one attached hydrogen (secondary N) is 1. The average molecular weight is 236 g/mol. The lowest BCUT2D eigenvalue weighted by Crippen LogP contribution is -2.26. The second-order valence-electron chi connectivity index (χ2n) is 5.02. The Morgan fingerprint density at radius 2 is 1.94 bits per heavy atom. The van der Waals surface area contributed by atoms with Crippen molar-refractivity contribution in [3.63, 3.8) is 0 Å². The molecule has 4 heteroatoms. The second kappa shape index (κ2) is 5.68. The predicted octanol–water partition coefficient (Wildman–Crippen LogP) is 1.14. The number of aliphatic hydroxyl groups is 1. The summed E-state index contributed by atoms with van der Waals surface area (Å²) in [6.07, 6.45) is 0.266. The molecule has 4 nitrogen and oxygen atoms in total. The number of nitrogens with two attached hydrogens (primary N) is 1. The fourth-order valence-corrected chi connectivity index (χ4v) is 1.34. The summed E-state index contributed by atoms with van der Waals surface area (Å²) in [6, 6.07) is 7.57. The summed E-state index contributed by atoms with van der Waals surface area (Å²) in [5.41, 5.74) is 6.85. The van der Waals surface area contributed by atoms with Gasteiger partial charge in [-0.1, -0.05) is 26.0 Å². The summed E-state index contributed by atoms with van der Waals surface area (Å²) in [4.78, 5) is 10.7. The van der Waals surface area contributed by atoms with Crippen molar-refractivity contribution in [2.24, 2.45) is 11.1 Å². The number of rotatable bonds is 6. The summed E-state index contributed by atoms with van der Waals surface area (Å²) in [6.45, 7) is 4.81. The van der Waals surface area contributed by atoms with Crippen molar-refractivity contribution < 1.29 is 9.90 Å². The summed E-state index contributed by atoms with van der Waals surface area (Å²) in [5, 5.41) is 12.4. The van der Waals surface area contributed by atoms with Gasteiger partial charge in [-0.15, -0.1) is 0 Å². The third kappa shape index (κ3) is 4.87. The van der Waals surface area contributed by atoms with E-state index in [-0.39, 0.29) is 24.3 Å². The van der Waals surface area contributed by atoms with Crippen molar-refractivity contribution in [3.8, 4) is 0 Å². The van der Waals surface area contributed by atoms with Crippen LogP contribution in [-0.4, -0.2) is 24.2 Å². The molecule has 0 radical (unpaired) electrons. The molecule has 0 aliphatic heterocycles. The molecule has 4 N–H and O–H groups in total. The van der Waals surface area contributed by atoms with Crippen LogP contribution in [0, 0.1) is 5.41 Å². The Hall–Kier alpha value is -1.55. The summed E-state index contributed by atoms with van der Waals surface area (Å²) in [7, 11) is 0. The second-order valence-corrected chi connectivity index (χ2v) is 5.02. The van der Waals surface area contributed by atoms with Crippen LogP contribution in [0.25, 0.3) is 0 Å². The largest absolute Gasteiger partial charge is 0.396 e. The maximum Gasteiger partial charge on any atom is 0.221 e. The van der Waals surface area contributed by atoms with Crippen LogP contribution in [0.4, 0.5) is 5.69 Å². The van der Waals surface area contributed by atoms with Gasteiger partial charge in [0.1, 0.15) is 0 Å². The highest BCUT2D eigenvalue weighted by Crippen LogP contribution is 2.16. The molecule has 0 saturated carbocycles. The molecular formula is C13H20N2O2. The third-order valence-electron chi connectivity index (χ3n) is 2.53. The molecule has 0 atom stereocenters. The molecule has 0 heterocycles. The summed E-state index contributed by atoms with van der Waals surface area (Å²) >= 11 is 0. The van der Waals surface area contributed by atoms with Crippen molar-refractivity contribution in [2.75, 3.05) is 18.5 Å². The molecule has 1 aromatic carbocycles. The molecule has 0 aromatic heterocycles. The zero-order valence-corrected chi connectivity index (χ0v) is 10.4. The van der Waals surface area contributed by atoms with Crippen molar-refractivity contribution in [1.29, 1.82) is 0 Å². The van der Waals surface area contributed by atoms with Gasteiger partial charge in [-0.2, -0.15) is 0 Å². The van der Waals surface area contributed by atoms with Gasteiger partial charge in [0.2, 0.25) is 5.91 Å². The molecular weight excluding hydrogens is 216 g/mol. The van der Waals surface area contributed by atoms with Crippen LogP contribution in [0.3, 0.4) is 0 Å². The van der Waals surface area contributed by atoms with Gasteiger partial charge in [-0.3, -0.25) is 4.79 Å². The Morgan fingerprint density at radius 1 is 1.35 bits per heavy atom. The zero-order valence-electron chi connectivity index (χ0n) is 10.4. The smallest absolute Gasteiger partial charge is 0.221 e. The van der Waals surface area contributed by atoms with E-state index in [2.05, 4.69) is 5.32 Å². The standard InChI is InChI=1S/C13H20N2O2/c1-13(2,9-16)8-15-11-5-3-10(4-6-11)7-12(14)17/h3-6,15-16H,7-9H2,1-2H3,(H2,14,17). The first-order valence-corrected chi connectivity index (χ1v) is 5.65. The normalized spacial score (nSPS) is 11.2. The van der Waals surface area contributed by atoms with Crippen molar-refractivity contribution in [1.82, 2.24) is 0 Å². The fourth-order valence-electron chi connectivity index (χ4n) is 1.34. The maximum atomic E-state index is 10.7. The molecule has 0 spiro atoms. The molecule has 94 valence electrons. The summed E-state index contributed by atoms with van der Waals surface area (Å²) < 4.78 is 0. The van der Waals surface area contributed by atoms with E-state index in [9.17, 15) is 4.79 Å². The van der Waals surface area contributed by atoms with E-state index in [4.69, 9.17) is 10.8 Å². The fraction of sp³-hybridized carbons (Fsp3) is 0.462. The SMILES string of the molecule is CC(C)(CO)CNc1ccc(CC(N)=O)cc1. The molecule has 0 saturated heterocycles. The Labute approximate surface area is 102 Å². The van der Waals surface area contributed by atoms with Crippen molar-refractivity contribution in [2.45, 2.75) is 20.3 Å². The number of carbonyl (C=O) groups excluding carboxylic acids is 1. The lowest BCUT2D eigenvalue weighted by atomic mass is 9.95. The van der Waals surface area contributed by atoms with E-state index in [1.54, 1.807) is 0 Å². The third-order valence-corrected chi connectivity index (χ3v) is 2.53. The monoisotopic (exact) mass is 236 g/mol. The predicted molar refractivity (Wildman–Crippen MR) is 68.7 cm³/mol. The van der Waals surface area contributed by atoms with E-state index in [0.29, 0.717) is 6.54 Å². The molecule has 0 aliphatic rings. The minimum atomic E-state index is -0.327. The molecule has 1 rings (SSSR count). The Bertz CT molecular complexity index is 372. The van der Waals surface area contributed by atoms with Gasteiger partial charge in [0.15, 0.2) is 0 Å². The molecule has 0 bridgehead atoms. The molecule has 0 unspecified atom stereocenters. The molecule has 17 heavy (non-hydrogen) atoms. The minimum Gasteiger partial charge on any atom is -0.396 e. The van der Waals surface area contributed by atoms with E-state index >= 15 is 0 Å². The highest BCUT2D eigenvalue weighted by atomic mass is 16.3. The Kier molecular flexibility index (Phi) is 4.52. The lowest BCUT2D eigenvalue weighted by Gasteiger charge is -2.22. The van der Waals surface area contributed by atoms with Crippen LogP contribution in [0.5, 0.6) is 0 Å². The van der Waals surface area contributed by atoms with Crippen molar-refractivity contribution >= 4 is 11.6 Å². The van der Waals surface area contributed by atoms with Crippen LogP contribution in [0.2, 0.25) is 0 Å². The number of hydrogen-bond donors (Lipinski definition) is 3. The molecule has 0 aliphatic carbocycles. The maximum absolute atomic E-state index is 10.7. The first kappa shape index (κ1) is 13.5. The first-order chi connectivity index (χ1) is 7.93. The van der Waals surface area contributed by atoms with E-state index < -0.39 is 0 Å².